The van der Waals surface area contributed by atoms with Gasteiger partial charge in [-0.25, -0.2) is 4.79 Å². The van der Waals surface area contributed by atoms with Gasteiger partial charge in [-0.15, -0.1) is 0 Å². The van der Waals surface area contributed by atoms with E-state index in [-0.39, 0.29) is 5.91 Å². The van der Waals surface area contributed by atoms with E-state index in [4.69, 9.17) is 9.15 Å². The average Bonchev–Trinajstić information content (AvgIpc) is 2.96. The Morgan fingerprint density at radius 3 is 2.84 bits per heavy atom. The molecule has 2 atom stereocenters. The number of nitrogens with zero attached hydrogens (tertiary/aromatic N) is 2. The number of nitrogens with one attached hydrogen (secondary N) is 2. The van der Waals surface area contributed by atoms with Gasteiger partial charge >= 0.3 is 5.76 Å². The van der Waals surface area contributed by atoms with Crippen LogP contribution in [0.1, 0.15) is 12.0 Å². The number of rotatable bonds is 5. The molecule has 1 aliphatic rings. The molecule has 2 heterocycles. The van der Waals surface area contributed by atoms with E-state index in [9.17, 15) is 14.9 Å². The van der Waals surface area contributed by atoms with Gasteiger partial charge in [-0.3, -0.25) is 9.36 Å². The highest BCUT2D eigenvalue weighted by molar-refractivity contribution is 5.82. The summed E-state index contributed by atoms with van der Waals surface area (Å²) in [6, 6.07) is 14.9. The fourth-order valence-corrected chi connectivity index (χ4v) is 3.65. The second-order valence-electron chi connectivity index (χ2n) is 7.62. The maximum atomic E-state index is 12.4. The van der Waals surface area contributed by atoms with Gasteiger partial charge in [-0.2, -0.15) is 5.26 Å². The minimum absolute atomic E-state index is 0.267. The van der Waals surface area contributed by atoms with Crippen molar-refractivity contribution in [3.63, 3.8) is 0 Å². The molecule has 0 bridgehead atoms. The molecule has 1 saturated heterocycles. The molecule has 2 unspecified atom stereocenters. The molecule has 2 aromatic carbocycles. The third kappa shape index (κ3) is 4.68. The van der Waals surface area contributed by atoms with Crippen molar-refractivity contribution >= 4 is 17.0 Å². The molecule has 0 aliphatic carbocycles. The van der Waals surface area contributed by atoms with Crippen LogP contribution < -0.4 is 16.4 Å². The molecular formula is C23H24N4O4. The highest BCUT2D eigenvalue weighted by Crippen LogP contribution is 2.24. The molecule has 0 radical (unpaired) electrons. The highest BCUT2D eigenvalue weighted by Gasteiger charge is 2.23. The summed E-state index contributed by atoms with van der Waals surface area (Å²) in [6.45, 7) is 1.80. The molecule has 160 valence electrons. The molecule has 8 heteroatoms. The fourth-order valence-electron chi connectivity index (χ4n) is 3.65. The number of amides is 1. The van der Waals surface area contributed by atoms with E-state index < -0.39 is 17.9 Å². The number of oxazole rings is 1. The number of nitriles is 1. The molecule has 3 aromatic rings. The van der Waals surface area contributed by atoms with E-state index >= 15 is 0 Å². The van der Waals surface area contributed by atoms with Gasteiger partial charge in [0.25, 0.3) is 5.91 Å². The Hall–Kier alpha value is -3.41. The molecule has 1 fully saturated rings. The summed E-state index contributed by atoms with van der Waals surface area (Å²) < 4.78 is 12.2. The zero-order chi connectivity index (χ0) is 21.8. The second-order valence-corrected chi connectivity index (χ2v) is 7.62. The summed E-state index contributed by atoms with van der Waals surface area (Å²) in [6.07, 6.45) is 0.689. The van der Waals surface area contributed by atoms with Crippen LogP contribution in [0.3, 0.4) is 0 Å². The van der Waals surface area contributed by atoms with Crippen molar-refractivity contribution in [2.24, 2.45) is 7.05 Å². The second kappa shape index (κ2) is 9.16. The third-order valence-corrected chi connectivity index (χ3v) is 5.43. The lowest BCUT2D eigenvalue weighted by molar-refractivity contribution is -0.132. The van der Waals surface area contributed by atoms with E-state index in [2.05, 4.69) is 16.7 Å². The van der Waals surface area contributed by atoms with Gasteiger partial charge in [0.05, 0.1) is 11.6 Å². The lowest BCUT2D eigenvalue weighted by atomic mass is 10.0. The molecule has 0 spiro atoms. The summed E-state index contributed by atoms with van der Waals surface area (Å²) in [5.74, 6) is -0.659. The first kappa shape index (κ1) is 20.8. The maximum Gasteiger partial charge on any atom is 0.419 e. The predicted molar refractivity (Wildman–Crippen MR) is 115 cm³/mol. The average molecular weight is 420 g/mol. The Balaban J connectivity index is 1.43. The van der Waals surface area contributed by atoms with Crippen LogP contribution in [0, 0.1) is 11.3 Å². The van der Waals surface area contributed by atoms with Crippen LogP contribution in [0.4, 0.5) is 0 Å². The first-order valence-electron chi connectivity index (χ1n) is 10.3. The number of aromatic nitrogens is 1. The van der Waals surface area contributed by atoms with Crippen molar-refractivity contribution in [1.29, 1.82) is 5.26 Å². The van der Waals surface area contributed by atoms with Crippen LogP contribution in [0.15, 0.2) is 51.7 Å². The molecular weight excluding hydrogens is 396 g/mol. The summed E-state index contributed by atoms with van der Waals surface area (Å²) in [5, 5.41) is 15.4. The molecule has 4 rings (SSSR count). The van der Waals surface area contributed by atoms with Gasteiger partial charge in [0, 0.05) is 26.6 Å². The molecule has 1 aliphatic heterocycles. The van der Waals surface area contributed by atoms with Gasteiger partial charge in [-0.1, -0.05) is 30.3 Å². The van der Waals surface area contributed by atoms with Crippen molar-refractivity contribution in [3.05, 3.63) is 58.6 Å². The highest BCUT2D eigenvalue weighted by atomic mass is 16.5. The third-order valence-electron chi connectivity index (χ3n) is 5.43. The molecule has 1 amide bonds. The quantitative estimate of drug-likeness (QED) is 0.651. The van der Waals surface area contributed by atoms with Gasteiger partial charge in [0.15, 0.2) is 5.58 Å². The zero-order valence-electron chi connectivity index (χ0n) is 17.3. The first-order chi connectivity index (χ1) is 15.0. The summed E-state index contributed by atoms with van der Waals surface area (Å²) in [5.41, 5.74) is 4.16. The molecule has 8 nitrogen and oxygen atoms in total. The van der Waals surface area contributed by atoms with E-state index in [0.29, 0.717) is 25.2 Å². The number of hydrogen-bond acceptors (Lipinski definition) is 6. The van der Waals surface area contributed by atoms with Crippen molar-refractivity contribution < 1.29 is 13.9 Å². The minimum atomic E-state index is -0.637. The zero-order valence-corrected chi connectivity index (χ0v) is 17.3. The maximum absolute atomic E-state index is 12.4. The number of carbonyl (C=O) groups excluding carboxylic acids is 1. The van der Waals surface area contributed by atoms with E-state index in [1.54, 1.807) is 13.1 Å². The molecule has 31 heavy (non-hydrogen) atoms. The van der Waals surface area contributed by atoms with Crippen molar-refractivity contribution in [1.82, 2.24) is 15.2 Å². The lowest BCUT2D eigenvalue weighted by Crippen LogP contribution is -2.46. The first-order valence-corrected chi connectivity index (χ1v) is 10.3. The summed E-state index contributed by atoms with van der Waals surface area (Å²) >= 11 is 0. The van der Waals surface area contributed by atoms with Crippen molar-refractivity contribution in [2.75, 3.05) is 19.7 Å². The smallest absolute Gasteiger partial charge is 0.408 e. The van der Waals surface area contributed by atoms with Crippen LogP contribution in [-0.2, 0) is 23.0 Å². The van der Waals surface area contributed by atoms with Crippen LogP contribution in [0.2, 0.25) is 0 Å². The standard InChI is InChI=1S/C23H24N4O4/c1-27-19-12-17(7-8-20(19)31-23(27)29)16-5-3-15(4-6-16)11-18(13-24)26-22(28)21-14-25-9-2-10-30-21/h3-8,12,18,21,25H,2,9-11,14H2,1H3,(H,26,28). The van der Waals surface area contributed by atoms with Crippen LogP contribution in [0.5, 0.6) is 0 Å². The van der Waals surface area contributed by atoms with Crippen molar-refractivity contribution in [3.8, 4) is 17.2 Å². The Labute approximate surface area is 179 Å². The van der Waals surface area contributed by atoms with Crippen LogP contribution in [-0.4, -0.2) is 42.3 Å². The van der Waals surface area contributed by atoms with Crippen LogP contribution >= 0.6 is 0 Å². The van der Waals surface area contributed by atoms with Crippen molar-refractivity contribution in [2.45, 2.75) is 25.0 Å². The monoisotopic (exact) mass is 420 g/mol. The SMILES string of the molecule is Cn1c(=O)oc2ccc(-c3ccc(CC(C#N)NC(=O)C4CNCCCO4)cc3)cc21. The number of benzene rings is 2. The Morgan fingerprint density at radius 2 is 2.06 bits per heavy atom. The summed E-state index contributed by atoms with van der Waals surface area (Å²) in [7, 11) is 1.67. The van der Waals surface area contributed by atoms with E-state index in [1.807, 2.05) is 36.4 Å². The van der Waals surface area contributed by atoms with Crippen LogP contribution in [0.25, 0.3) is 22.2 Å². The molecule has 2 N–H and O–H groups in total. The molecule has 1 aromatic heterocycles. The number of ether oxygens (including phenoxy) is 1. The number of aryl methyl sites for hydroxylation is 1. The Morgan fingerprint density at radius 1 is 1.29 bits per heavy atom. The topological polar surface area (TPSA) is 109 Å². The van der Waals surface area contributed by atoms with Gasteiger partial charge in [-0.05, 0) is 41.8 Å². The van der Waals surface area contributed by atoms with Gasteiger partial charge in [0.2, 0.25) is 0 Å². The van der Waals surface area contributed by atoms with E-state index in [1.165, 1.54) is 4.57 Å². The van der Waals surface area contributed by atoms with Gasteiger partial charge < -0.3 is 19.8 Å². The van der Waals surface area contributed by atoms with Gasteiger partial charge in [0.1, 0.15) is 12.1 Å². The predicted octanol–water partition coefficient (Wildman–Crippen LogP) is 1.73. The largest absolute Gasteiger partial charge is 0.419 e. The lowest BCUT2D eigenvalue weighted by Gasteiger charge is -2.18. The number of hydrogen-bond donors (Lipinski definition) is 2. The Kier molecular flexibility index (Phi) is 6.16. The molecule has 0 saturated carbocycles. The number of fused-ring (bicyclic) bond motifs is 1. The fraction of sp³-hybridized carbons (Fsp3) is 0.348. The van der Waals surface area contributed by atoms with E-state index in [0.717, 1.165) is 35.2 Å². The normalized spacial score (nSPS) is 17.6. The summed E-state index contributed by atoms with van der Waals surface area (Å²) in [4.78, 5) is 24.1. The Bertz CT molecular complexity index is 1160. The minimum Gasteiger partial charge on any atom is -0.408 e. The number of carbonyl (C=O) groups is 1.